The highest BCUT2D eigenvalue weighted by Gasteiger charge is 2.41. The topological polar surface area (TPSA) is 32.5 Å². The van der Waals surface area contributed by atoms with E-state index in [2.05, 4.69) is 23.6 Å². The van der Waals surface area contributed by atoms with Gasteiger partial charge in [0.05, 0.1) is 0 Å². The van der Waals surface area contributed by atoms with Gasteiger partial charge in [0.2, 0.25) is 0 Å². The van der Waals surface area contributed by atoms with Crippen LogP contribution in [0.25, 0.3) is 0 Å². The van der Waals surface area contributed by atoms with Crippen molar-refractivity contribution in [3.05, 3.63) is 0 Å². The highest BCUT2D eigenvalue weighted by molar-refractivity contribution is 4.97. The first-order valence-corrected chi connectivity index (χ1v) is 7.90. The molecule has 3 rings (SSSR count). The Hall–Kier alpha value is -0.120. The second-order valence-electron chi connectivity index (χ2n) is 6.90. The molecule has 0 radical (unpaired) electrons. The average Bonchev–Trinajstić information content (AvgIpc) is 3.13. The number of nitrogens with two attached hydrogens (primary N) is 1. The number of rotatable bonds is 3. The summed E-state index contributed by atoms with van der Waals surface area (Å²) in [5.74, 6) is 0.764. The highest BCUT2D eigenvalue weighted by Crippen LogP contribution is 2.35. The monoisotopic (exact) mass is 251 g/mol. The number of likely N-dealkylation sites (tertiary alicyclic amines) is 2. The van der Waals surface area contributed by atoms with E-state index in [0.29, 0.717) is 6.04 Å². The largest absolute Gasteiger partial charge is 0.328 e. The van der Waals surface area contributed by atoms with Crippen molar-refractivity contribution in [3.63, 3.8) is 0 Å². The van der Waals surface area contributed by atoms with Gasteiger partial charge in [-0.15, -0.1) is 0 Å². The van der Waals surface area contributed by atoms with Gasteiger partial charge in [-0.05, 0) is 65.0 Å². The van der Waals surface area contributed by atoms with Crippen LogP contribution in [0.15, 0.2) is 0 Å². The SMILES string of the molecule is CC(N)C1CCN(C2CC(C)N(C3CC3)C2)CC1. The predicted octanol–water partition coefficient (Wildman–Crippen LogP) is 1.67. The second-order valence-corrected chi connectivity index (χ2v) is 6.90. The van der Waals surface area contributed by atoms with Crippen LogP contribution in [0, 0.1) is 5.92 Å². The molecule has 3 aliphatic rings. The van der Waals surface area contributed by atoms with Crippen LogP contribution in [-0.4, -0.2) is 53.6 Å². The maximum atomic E-state index is 6.03. The molecule has 1 aliphatic carbocycles. The molecule has 0 aromatic heterocycles. The third-order valence-corrected chi connectivity index (χ3v) is 5.45. The van der Waals surface area contributed by atoms with Gasteiger partial charge in [0.15, 0.2) is 0 Å². The summed E-state index contributed by atoms with van der Waals surface area (Å²) in [6.45, 7) is 8.48. The van der Waals surface area contributed by atoms with Crippen LogP contribution in [0.5, 0.6) is 0 Å². The first-order valence-electron chi connectivity index (χ1n) is 7.90. The molecule has 2 saturated heterocycles. The summed E-state index contributed by atoms with van der Waals surface area (Å²) in [6, 6.07) is 2.97. The first-order chi connectivity index (χ1) is 8.65. The molecule has 0 aromatic carbocycles. The second kappa shape index (κ2) is 5.10. The number of hydrogen-bond donors (Lipinski definition) is 1. The highest BCUT2D eigenvalue weighted by atomic mass is 15.3. The van der Waals surface area contributed by atoms with Crippen LogP contribution < -0.4 is 5.73 Å². The maximum absolute atomic E-state index is 6.03. The lowest BCUT2D eigenvalue weighted by Gasteiger charge is -2.37. The van der Waals surface area contributed by atoms with E-state index in [0.717, 1.165) is 24.0 Å². The van der Waals surface area contributed by atoms with E-state index in [1.54, 1.807) is 0 Å². The van der Waals surface area contributed by atoms with Gasteiger partial charge in [0, 0.05) is 30.7 Å². The van der Waals surface area contributed by atoms with Gasteiger partial charge in [0.25, 0.3) is 0 Å². The molecular weight excluding hydrogens is 222 g/mol. The molecule has 0 amide bonds. The molecule has 0 spiro atoms. The minimum atomic E-state index is 0.387. The van der Waals surface area contributed by atoms with Gasteiger partial charge < -0.3 is 5.73 Å². The molecular formula is C15H29N3. The minimum Gasteiger partial charge on any atom is -0.328 e. The Kier molecular flexibility index (Phi) is 3.65. The number of piperidine rings is 1. The van der Waals surface area contributed by atoms with E-state index in [9.17, 15) is 0 Å². The van der Waals surface area contributed by atoms with Crippen LogP contribution in [0.2, 0.25) is 0 Å². The Bertz CT molecular complexity index is 279. The smallest absolute Gasteiger partial charge is 0.0238 e. The zero-order valence-corrected chi connectivity index (χ0v) is 12.0. The van der Waals surface area contributed by atoms with E-state index in [4.69, 9.17) is 5.73 Å². The summed E-state index contributed by atoms with van der Waals surface area (Å²) in [4.78, 5) is 5.51. The van der Waals surface area contributed by atoms with Gasteiger partial charge in [0.1, 0.15) is 0 Å². The van der Waals surface area contributed by atoms with Crippen molar-refractivity contribution in [2.75, 3.05) is 19.6 Å². The lowest BCUT2D eigenvalue weighted by molar-refractivity contribution is 0.124. The fourth-order valence-electron chi connectivity index (χ4n) is 4.02. The Morgan fingerprint density at radius 1 is 1.06 bits per heavy atom. The Labute approximate surface area is 112 Å². The molecule has 2 aliphatic heterocycles. The molecule has 2 heterocycles. The van der Waals surface area contributed by atoms with E-state index >= 15 is 0 Å². The molecule has 2 N–H and O–H groups in total. The summed E-state index contributed by atoms with van der Waals surface area (Å²) in [7, 11) is 0. The maximum Gasteiger partial charge on any atom is 0.0238 e. The summed E-state index contributed by atoms with van der Waals surface area (Å²) >= 11 is 0. The summed E-state index contributed by atoms with van der Waals surface area (Å²) in [6.07, 6.45) is 6.91. The number of nitrogens with zero attached hydrogens (tertiary/aromatic N) is 2. The Balaban J connectivity index is 1.51. The molecule has 3 atom stereocenters. The van der Waals surface area contributed by atoms with E-state index in [-0.39, 0.29) is 0 Å². The van der Waals surface area contributed by atoms with Crippen molar-refractivity contribution in [1.82, 2.24) is 9.80 Å². The normalized spacial score (nSPS) is 38.2. The van der Waals surface area contributed by atoms with Gasteiger partial charge in [-0.3, -0.25) is 9.80 Å². The fourth-order valence-corrected chi connectivity index (χ4v) is 4.02. The molecule has 3 fully saturated rings. The molecule has 3 unspecified atom stereocenters. The zero-order valence-electron chi connectivity index (χ0n) is 12.0. The van der Waals surface area contributed by atoms with Crippen LogP contribution in [-0.2, 0) is 0 Å². The lowest BCUT2D eigenvalue weighted by Crippen LogP contribution is -2.45. The van der Waals surface area contributed by atoms with Crippen LogP contribution >= 0.6 is 0 Å². The van der Waals surface area contributed by atoms with Gasteiger partial charge in [-0.1, -0.05) is 0 Å². The zero-order chi connectivity index (χ0) is 12.7. The van der Waals surface area contributed by atoms with Crippen molar-refractivity contribution < 1.29 is 0 Å². The third kappa shape index (κ3) is 2.59. The molecule has 104 valence electrons. The molecule has 3 heteroatoms. The number of hydrogen-bond acceptors (Lipinski definition) is 3. The van der Waals surface area contributed by atoms with Crippen LogP contribution in [0.1, 0.15) is 46.0 Å². The van der Waals surface area contributed by atoms with Crippen molar-refractivity contribution >= 4 is 0 Å². The Morgan fingerprint density at radius 2 is 1.72 bits per heavy atom. The summed E-state index contributed by atoms with van der Waals surface area (Å²) in [5, 5.41) is 0. The standard InChI is InChI=1S/C15H29N3/c1-11-9-15(10-18(11)14-3-4-14)17-7-5-13(6-8-17)12(2)16/h11-15H,3-10,16H2,1-2H3. The minimum absolute atomic E-state index is 0.387. The molecule has 1 saturated carbocycles. The van der Waals surface area contributed by atoms with Crippen LogP contribution in [0.3, 0.4) is 0 Å². The van der Waals surface area contributed by atoms with Crippen molar-refractivity contribution in [1.29, 1.82) is 0 Å². The van der Waals surface area contributed by atoms with Crippen molar-refractivity contribution in [2.45, 2.75) is 70.1 Å². The fraction of sp³-hybridized carbons (Fsp3) is 1.00. The predicted molar refractivity (Wildman–Crippen MR) is 75.5 cm³/mol. The molecule has 0 bridgehead atoms. The first kappa shape index (κ1) is 12.9. The van der Waals surface area contributed by atoms with Gasteiger partial charge in [-0.2, -0.15) is 0 Å². The molecule has 3 nitrogen and oxygen atoms in total. The third-order valence-electron chi connectivity index (χ3n) is 5.45. The van der Waals surface area contributed by atoms with Gasteiger partial charge in [-0.25, -0.2) is 0 Å². The van der Waals surface area contributed by atoms with Crippen molar-refractivity contribution in [3.8, 4) is 0 Å². The summed E-state index contributed by atoms with van der Waals surface area (Å²) in [5.41, 5.74) is 6.03. The van der Waals surface area contributed by atoms with E-state index in [1.165, 1.54) is 51.7 Å². The Morgan fingerprint density at radius 3 is 2.28 bits per heavy atom. The van der Waals surface area contributed by atoms with E-state index < -0.39 is 0 Å². The van der Waals surface area contributed by atoms with Gasteiger partial charge >= 0.3 is 0 Å². The van der Waals surface area contributed by atoms with Crippen LogP contribution in [0.4, 0.5) is 0 Å². The van der Waals surface area contributed by atoms with E-state index in [1.807, 2.05) is 0 Å². The van der Waals surface area contributed by atoms with Crippen molar-refractivity contribution in [2.24, 2.45) is 11.7 Å². The molecule has 18 heavy (non-hydrogen) atoms. The molecule has 0 aromatic rings. The summed E-state index contributed by atoms with van der Waals surface area (Å²) < 4.78 is 0. The average molecular weight is 251 g/mol. The lowest BCUT2D eigenvalue weighted by atomic mass is 9.90. The quantitative estimate of drug-likeness (QED) is 0.828.